The van der Waals surface area contributed by atoms with Gasteiger partial charge in [-0.2, -0.15) is 0 Å². The molecule has 158 valence electrons. The summed E-state index contributed by atoms with van der Waals surface area (Å²) in [6, 6.07) is 9.74. The van der Waals surface area contributed by atoms with Crippen molar-refractivity contribution in [1.29, 1.82) is 0 Å². The highest BCUT2D eigenvalue weighted by atomic mass is 16.5. The van der Waals surface area contributed by atoms with Crippen molar-refractivity contribution in [3.63, 3.8) is 0 Å². The highest BCUT2D eigenvalue weighted by Gasteiger charge is 2.24. The van der Waals surface area contributed by atoms with Crippen LogP contribution in [0, 0.1) is 11.8 Å². The Labute approximate surface area is 171 Å². The SMILES string of the molecule is COC(=O)/C(O)=C(\O)C(O)/C=C\C[C@H]1CCC[C@@H]1/C=C/CCOc1ccccc1. The number of benzene rings is 1. The maximum atomic E-state index is 11.2. The molecule has 1 saturated carbocycles. The van der Waals surface area contributed by atoms with Crippen LogP contribution >= 0.6 is 0 Å². The lowest BCUT2D eigenvalue weighted by atomic mass is 9.92. The highest BCUT2D eigenvalue weighted by Crippen LogP contribution is 2.35. The van der Waals surface area contributed by atoms with Crippen LogP contribution in [0.1, 0.15) is 32.1 Å². The normalized spacial score (nSPS) is 21.3. The average Bonchev–Trinajstić information content (AvgIpc) is 3.19. The van der Waals surface area contributed by atoms with E-state index in [9.17, 15) is 20.1 Å². The second-order valence-corrected chi connectivity index (χ2v) is 7.07. The zero-order valence-corrected chi connectivity index (χ0v) is 16.7. The molecule has 3 N–H and O–H groups in total. The van der Waals surface area contributed by atoms with Gasteiger partial charge in [-0.25, -0.2) is 4.79 Å². The highest BCUT2D eigenvalue weighted by molar-refractivity contribution is 5.86. The molecular weight excluding hydrogens is 372 g/mol. The lowest BCUT2D eigenvalue weighted by molar-refractivity contribution is -0.139. The predicted octanol–water partition coefficient (Wildman–Crippen LogP) is 4.24. The number of carbonyl (C=O) groups is 1. The number of hydrogen-bond acceptors (Lipinski definition) is 6. The summed E-state index contributed by atoms with van der Waals surface area (Å²) < 4.78 is 9.99. The molecule has 6 nitrogen and oxygen atoms in total. The van der Waals surface area contributed by atoms with Crippen LogP contribution in [-0.4, -0.2) is 41.1 Å². The summed E-state index contributed by atoms with van der Waals surface area (Å²) in [5.74, 6) is -1.07. The van der Waals surface area contributed by atoms with E-state index >= 15 is 0 Å². The molecule has 0 aliphatic heterocycles. The molecule has 1 aromatic rings. The Hall–Kier alpha value is -2.73. The second-order valence-electron chi connectivity index (χ2n) is 7.07. The molecule has 6 heteroatoms. The summed E-state index contributed by atoms with van der Waals surface area (Å²) in [4.78, 5) is 11.2. The first kappa shape index (κ1) is 22.6. The quantitative estimate of drug-likeness (QED) is 0.178. The van der Waals surface area contributed by atoms with Crippen LogP contribution in [0.15, 0.2) is 66.2 Å². The largest absolute Gasteiger partial charge is 0.506 e. The standard InChI is InChI=1S/C23H30O6/c1-28-23(27)22(26)21(25)20(24)15-8-12-18-11-7-10-17(18)9-5-6-16-29-19-13-3-2-4-14-19/h2-5,8-9,13-15,17-18,20,24-26H,6-7,10-12,16H2,1H3/b9-5+,15-8-,22-21+/t17-,18+,20?/m0/s1. The Morgan fingerprint density at radius 2 is 1.97 bits per heavy atom. The van der Waals surface area contributed by atoms with Gasteiger partial charge in [-0.15, -0.1) is 0 Å². The van der Waals surface area contributed by atoms with Crippen molar-refractivity contribution in [2.45, 2.75) is 38.2 Å². The van der Waals surface area contributed by atoms with Gasteiger partial charge in [0.25, 0.3) is 0 Å². The van der Waals surface area contributed by atoms with E-state index in [0.717, 1.165) is 45.0 Å². The fourth-order valence-corrected chi connectivity index (χ4v) is 3.46. The molecule has 0 amide bonds. The van der Waals surface area contributed by atoms with E-state index in [1.807, 2.05) is 30.3 Å². The molecular formula is C23H30O6. The van der Waals surface area contributed by atoms with Crippen molar-refractivity contribution < 1.29 is 29.6 Å². The fourth-order valence-electron chi connectivity index (χ4n) is 3.46. The van der Waals surface area contributed by atoms with Crippen molar-refractivity contribution in [2.75, 3.05) is 13.7 Å². The minimum atomic E-state index is -1.44. The summed E-state index contributed by atoms with van der Waals surface area (Å²) in [5.41, 5.74) is 0. The topological polar surface area (TPSA) is 96.2 Å². The van der Waals surface area contributed by atoms with E-state index in [1.54, 1.807) is 6.08 Å². The van der Waals surface area contributed by atoms with Crippen LogP contribution in [0.2, 0.25) is 0 Å². The molecule has 1 aliphatic rings. The van der Waals surface area contributed by atoms with Crippen LogP contribution in [0.5, 0.6) is 5.75 Å². The third kappa shape index (κ3) is 7.31. The number of carbonyl (C=O) groups excluding carboxylic acids is 1. The number of esters is 1. The van der Waals surface area contributed by atoms with Gasteiger partial charge in [0.1, 0.15) is 11.9 Å². The molecule has 0 saturated heterocycles. The second kappa shape index (κ2) is 12.0. The predicted molar refractivity (Wildman–Crippen MR) is 111 cm³/mol. The van der Waals surface area contributed by atoms with E-state index in [4.69, 9.17) is 4.74 Å². The summed E-state index contributed by atoms with van der Waals surface area (Å²) >= 11 is 0. The Morgan fingerprint density at radius 1 is 1.21 bits per heavy atom. The van der Waals surface area contributed by atoms with Crippen LogP contribution < -0.4 is 4.74 Å². The van der Waals surface area contributed by atoms with E-state index in [-0.39, 0.29) is 0 Å². The van der Waals surface area contributed by atoms with E-state index in [1.165, 1.54) is 6.08 Å². The van der Waals surface area contributed by atoms with Crippen LogP contribution in [0.3, 0.4) is 0 Å². The average molecular weight is 402 g/mol. The molecule has 1 aliphatic carbocycles. The van der Waals surface area contributed by atoms with Crippen molar-refractivity contribution in [1.82, 2.24) is 0 Å². The zero-order valence-electron chi connectivity index (χ0n) is 16.7. The summed E-state index contributed by atoms with van der Waals surface area (Å²) in [6.07, 6.45) is 11.1. The third-order valence-electron chi connectivity index (χ3n) is 5.06. The number of hydrogen-bond donors (Lipinski definition) is 3. The maximum Gasteiger partial charge on any atom is 0.376 e. The van der Waals surface area contributed by atoms with Gasteiger partial charge in [0.15, 0.2) is 5.76 Å². The Morgan fingerprint density at radius 3 is 2.69 bits per heavy atom. The van der Waals surface area contributed by atoms with Gasteiger partial charge in [0.2, 0.25) is 5.76 Å². The molecule has 0 aromatic heterocycles. The van der Waals surface area contributed by atoms with Crippen molar-refractivity contribution in [3.8, 4) is 5.75 Å². The molecule has 3 atom stereocenters. The number of rotatable bonds is 10. The fraction of sp³-hybridized carbons (Fsp3) is 0.435. The summed E-state index contributed by atoms with van der Waals surface area (Å²) in [6.45, 7) is 0.638. The first-order valence-corrected chi connectivity index (χ1v) is 9.92. The van der Waals surface area contributed by atoms with Gasteiger partial charge in [-0.3, -0.25) is 0 Å². The monoisotopic (exact) mass is 402 g/mol. The molecule has 0 heterocycles. The van der Waals surface area contributed by atoms with Gasteiger partial charge in [-0.05, 0) is 49.7 Å². The van der Waals surface area contributed by atoms with Crippen LogP contribution in [0.25, 0.3) is 0 Å². The van der Waals surface area contributed by atoms with Gasteiger partial charge >= 0.3 is 5.97 Å². The molecule has 0 spiro atoms. The van der Waals surface area contributed by atoms with Crippen molar-refractivity contribution in [3.05, 3.63) is 66.2 Å². The van der Waals surface area contributed by atoms with E-state index in [0.29, 0.717) is 18.4 Å². The van der Waals surface area contributed by atoms with Crippen LogP contribution in [-0.2, 0) is 9.53 Å². The number of allylic oxidation sites excluding steroid dienone is 2. The van der Waals surface area contributed by atoms with E-state index in [2.05, 4.69) is 16.9 Å². The Kier molecular flexibility index (Phi) is 9.31. The molecule has 29 heavy (non-hydrogen) atoms. The van der Waals surface area contributed by atoms with Gasteiger partial charge in [0, 0.05) is 0 Å². The van der Waals surface area contributed by atoms with Gasteiger partial charge < -0.3 is 24.8 Å². The minimum absolute atomic E-state index is 0.463. The lowest BCUT2D eigenvalue weighted by Gasteiger charge is -2.14. The minimum Gasteiger partial charge on any atom is -0.506 e. The first-order valence-electron chi connectivity index (χ1n) is 9.92. The van der Waals surface area contributed by atoms with Gasteiger partial charge in [0.05, 0.1) is 13.7 Å². The molecule has 1 aromatic carbocycles. The lowest BCUT2D eigenvalue weighted by Crippen LogP contribution is -2.15. The molecule has 1 unspecified atom stereocenters. The van der Waals surface area contributed by atoms with E-state index < -0.39 is 23.6 Å². The number of para-hydroxylation sites is 1. The first-order chi connectivity index (χ1) is 14.0. The number of methoxy groups -OCH3 is 1. The molecule has 2 rings (SSSR count). The number of aliphatic hydroxyl groups is 3. The van der Waals surface area contributed by atoms with Gasteiger partial charge in [-0.1, -0.05) is 48.9 Å². The Balaban J connectivity index is 1.77. The summed E-state index contributed by atoms with van der Waals surface area (Å²) in [5, 5.41) is 29.0. The molecule has 0 bridgehead atoms. The summed E-state index contributed by atoms with van der Waals surface area (Å²) in [7, 11) is 1.08. The van der Waals surface area contributed by atoms with Crippen molar-refractivity contribution in [2.24, 2.45) is 11.8 Å². The molecule has 0 radical (unpaired) electrons. The number of ether oxygens (including phenoxy) is 2. The molecule has 1 fully saturated rings. The third-order valence-corrected chi connectivity index (χ3v) is 5.06. The zero-order chi connectivity index (χ0) is 21.1. The van der Waals surface area contributed by atoms with Crippen LogP contribution in [0.4, 0.5) is 0 Å². The smallest absolute Gasteiger partial charge is 0.376 e. The Bertz CT molecular complexity index is 722. The number of aliphatic hydroxyl groups excluding tert-OH is 3. The maximum absolute atomic E-state index is 11.2. The van der Waals surface area contributed by atoms with Crippen molar-refractivity contribution >= 4 is 5.97 Å².